The molecule has 1 heterocycles. The zero-order valence-electron chi connectivity index (χ0n) is 18.8. The monoisotopic (exact) mass is 454 g/mol. The quantitative estimate of drug-likeness (QED) is 0.446. The Morgan fingerprint density at radius 3 is 2.42 bits per heavy atom. The lowest BCUT2D eigenvalue weighted by Gasteiger charge is -2.15. The van der Waals surface area contributed by atoms with Gasteiger partial charge in [0.15, 0.2) is 11.5 Å². The number of nitrogens with zero attached hydrogens (tertiary/aromatic N) is 1. The zero-order chi connectivity index (χ0) is 24.1. The van der Waals surface area contributed by atoms with Crippen LogP contribution >= 0.6 is 0 Å². The third-order valence-electron chi connectivity index (χ3n) is 5.03. The molecule has 0 spiro atoms. The van der Waals surface area contributed by atoms with Crippen molar-refractivity contribution in [1.82, 2.24) is 5.16 Å². The van der Waals surface area contributed by atoms with Crippen LogP contribution in [-0.4, -0.2) is 44.3 Å². The molecule has 10 nitrogen and oxygen atoms in total. The molecule has 2 aromatic carbocycles. The lowest BCUT2D eigenvalue weighted by Crippen LogP contribution is -2.39. The number of rotatable bonds is 9. The van der Waals surface area contributed by atoms with E-state index >= 15 is 0 Å². The topological polar surface area (TPSA) is 152 Å². The minimum Gasteiger partial charge on any atom is -0.495 e. The number of benzene rings is 2. The first-order valence-electron chi connectivity index (χ1n) is 9.99. The number of nitrogens with two attached hydrogens (primary N) is 2. The molecule has 5 N–H and O–H groups in total. The molecule has 1 atom stereocenters. The Morgan fingerprint density at radius 1 is 1.06 bits per heavy atom. The van der Waals surface area contributed by atoms with Gasteiger partial charge in [-0.1, -0.05) is 11.2 Å². The molecule has 3 aromatic rings. The summed E-state index contributed by atoms with van der Waals surface area (Å²) in [7, 11) is 4.62. The van der Waals surface area contributed by atoms with E-state index in [-0.39, 0.29) is 6.42 Å². The summed E-state index contributed by atoms with van der Waals surface area (Å²) in [6, 6.07) is 7.84. The fourth-order valence-electron chi connectivity index (χ4n) is 3.45. The van der Waals surface area contributed by atoms with Gasteiger partial charge in [0, 0.05) is 11.1 Å². The molecule has 0 aliphatic heterocycles. The summed E-state index contributed by atoms with van der Waals surface area (Å²) in [5, 5.41) is 6.85. The Hall–Kier alpha value is -4.05. The molecular weight excluding hydrogens is 428 g/mol. The molecule has 0 fully saturated rings. The number of hydrogen-bond acceptors (Lipinski definition) is 8. The number of nitrogens with one attached hydrogen (secondary N) is 1. The van der Waals surface area contributed by atoms with E-state index in [9.17, 15) is 9.59 Å². The normalized spacial score (nSPS) is 11.5. The van der Waals surface area contributed by atoms with Gasteiger partial charge in [0.2, 0.25) is 11.8 Å². The Kier molecular flexibility index (Phi) is 7.19. The second-order valence-corrected chi connectivity index (χ2v) is 7.29. The summed E-state index contributed by atoms with van der Waals surface area (Å²) in [6.07, 6.45) is 1.23. The van der Waals surface area contributed by atoms with Crippen molar-refractivity contribution < 1.29 is 28.3 Å². The van der Waals surface area contributed by atoms with Crippen LogP contribution in [0.25, 0.3) is 22.4 Å². The van der Waals surface area contributed by atoms with Crippen molar-refractivity contribution >= 4 is 17.5 Å². The molecule has 0 bridgehead atoms. The first-order chi connectivity index (χ1) is 15.8. The van der Waals surface area contributed by atoms with Gasteiger partial charge in [-0.2, -0.15) is 0 Å². The van der Waals surface area contributed by atoms with E-state index in [0.29, 0.717) is 39.8 Å². The van der Waals surface area contributed by atoms with Gasteiger partial charge in [0.25, 0.3) is 0 Å². The average Bonchev–Trinajstić information content (AvgIpc) is 3.28. The van der Waals surface area contributed by atoms with E-state index in [1.807, 2.05) is 25.1 Å². The number of carbonyl (C=O) groups excluding carboxylic acids is 2. The highest BCUT2D eigenvalue weighted by atomic mass is 16.5. The Labute approximate surface area is 190 Å². The van der Waals surface area contributed by atoms with Crippen molar-refractivity contribution in [3.63, 3.8) is 0 Å². The summed E-state index contributed by atoms with van der Waals surface area (Å²) < 4.78 is 21.5. The van der Waals surface area contributed by atoms with Crippen LogP contribution in [-0.2, 0) is 9.59 Å². The molecule has 2 amide bonds. The highest BCUT2D eigenvalue weighted by molar-refractivity contribution is 5.99. The van der Waals surface area contributed by atoms with Gasteiger partial charge in [-0.15, -0.1) is 0 Å². The van der Waals surface area contributed by atoms with Crippen molar-refractivity contribution in [1.29, 1.82) is 0 Å². The summed E-state index contributed by atoms with van der Waals surface area (Å²) in [6.45, 7) is 1.90. The fraction of sp³-hybridized carbons (Fsp3) is 0.261. The first kappa shape index (κ1) is 23.6. The van der Waals surface area contributed by atoms with Crippen LogP contribution in [0.2, 0.25) is 0 Å². The predicted octanol–water partition coefficient (Wildman–Crippen LogP) is 2.48. The molecule has 1 aromatic heterocycles. The van der Waals surface area contributed by atoms with Crippen LogP contribution in [0, 0.1) is 6.92 Å². The van der Waals surface area contributed by atoms with Crippen molar-refractivity contribution in [3.05, 3.63) is 42.2 Å². The van der Waals surface area contributed by atoms with Crippen LogP contribution in [0.1, 0.15) is 12.0 Å². The predicted molar refractivity (Wildman–Crippen MR) is 122 cm³/mol. The van der Waals surface area contributed by atoms with Gasteiger partial charge >= 0.3 is 0 Å². The number of aromatic nitrogens is 1. The van der Waals surface area contributed by atoms with E-state index in [0.717, 1.165) is 11.1 Å². The maximum absolute atomic E-state index is 12.4. The second-order valence-electron chi connectivity index (χ2n) is 7.29. The average molecular weight is 454 g/mol. The maximum atomic E-state index is 12.4. The molecule has 0 aliphatic rings. The molecule has 1 unspecified atom stereocenters. The summed E-state index contributed by atoms with van der Waals surface area (Å²) in [5.41, 5.74) is 14.9. The Morgan fingerprint density at radius 2 is 1.79 bits per heavy atom. The van der Waals surface area contributed by atoms with Crippen molar-refractivity contribution in [2.24, 2.45) is 11.5 Å². The largest absolute Gasteiger partial charge is 0.495 e. The van der Waals surface area contributed by atoms with Crippen molar-refractivity contribution in [2.75, 3.05) is 26.6 Å². The van der Waals surface area contributed by atoms with Crippen LogP contribution in [0.4, 0.5) is 5.69 Å². The third-order valence-corrected chi connectivity index (χ3v) is 5.03. The minimum absolute atomic E-state index is 0.276. The third kappa shape index (κ3) is 5.07. The van der Waals surface area contributed by atoms with E-state index in [2.05, 4.69) is 10.5 Å². The molecule has 0 saturated carbocycles. The fourth-order valence-corrected chi connectivity index (χ4v) is 3.45. The minimum atomic E-state index is -1.09. The molecular formula is C23H26N4O6. The zero-order valence-corrected chi connectivity index (χ0v) is 18.8. The standard InChI is InChI=1S/C23H26N4O6/c1-12-7-14(9-19(31-3)22(12)32-4)21-15(11-33-27-21)13-5-6-18(30-2)17(8-13)26-23(29)16(24)10-20(25)28/h5-9,11,16H,10,24H2,1-4H3,(H2,25,28)(H,26,29). The molecule has 10 heteroatoms. The van der Waals surface area contributed by atoms with Gasteiger partial charge in [0.1, 0.15) is 17.7 Å². The van der Waals surface area contributed by atoms with E-state index in [1.165, 1.54) is 13.4 Å². The summed E-state index contributed by atoms with van der Waals surface area (Å²) >= 11 is 0. The highest BCUT2D eigenvalue weighted by Crippen LogP contribution is 2.40. The second kappa shape index (κ2) is 10.0. The molecule has 0 saturated heterocycles. The van der Waals surface area contributed by atoms with Gasteiger partial charge in [-0.05, 0) is 42.3 Å². The first-order valence-corrected chi connectivity index (χ1v) is 9.99. The highest BCUT2D eigenvalue weighted by Gasteiger charge is 2.20. The molecule has 0 aliphatic carbocycles. The van der Waals surface area contributed by atoms with Crippen LogP contribution in [0.15, 0.2) is 41.1 Å². The van der Waals surface area contributed by atoms with Crippen molar-refractivity contribution in [3.8, 4) is 39.6 Å². The molecule has 33 heavy (non-hydrogen) atoms. The van der Waals surface area contributed by atoms with Crippen LogP contribution in [0.3, 0.4) is 0 Å². The lowest BCUT2D eigenvalue weighted by atomic mass is 9.99. The van der Waals surface area contributed by atoms with Crippen LogP contribution < -0.4 is 31.0 Å². The molecule has 0 radical (unpaired) electrons. The summed E-state index contributed by atoms with van der Waals surface area (Å²) in [4.78, 5) is 23.5. The van der Waals surface area contributed by atoms with Gasteiger partial charge in [0.05, 0.1) is 39.5 Å². The number of hydrogen-bond donors (Lipinski definition) is 3. The lowest BCUT2D eigenvalue weighted by molar-refractivity contribution is -0.123. The van der Waals surface area contributed by atoms with E-state index < -0.39 is 17.9 Å². The molecule has 174 valence electrons. The Bertz CT molecular complexity index is 1170. The maximum Gasteiger partial charge on any atom is 0.241 e. The number of carbonyl (C=O) groups is 2. The Balaban J connectivity index is 2.01. The number of aryl methyl sites for hydroxylation is 1. The number of methoxy groups -OCH3 is 3. The van der Waals surface area contributed by atoms with Gasteiger partial charge in [-0.3, -0.25) is 9.59 Å². The van der Waals surface area contributed by atoms with Crippen molar-refractivity contribution in [2.45, 2.75) is 19.4 Å². The van der Waals surface area contributed by atoms with E-state index in [4.69, 9.17) is 30.2 Å². The number of ether oxygens (including phenoxy) is 3. The van der Waals surface area contributed by atoms with Crippen LogP contribution in [0.5, 0.6) is 17.2 Å². The number of primary amides is 1. The number of amides is 2. The SMILES string of the molecule is COc1ccc(-c2conc2-c2cc(C)c(OC)c(OC)c2)cc1NC(=O)C(N)CC(N)=O. The van der Waals surface area contributed by atoms with Gasteiger partial charge < -0.3 is 35.5 Å². The number of anilines is 1. The molecule has 3 rings (SSSR count). The smallest absolute Gasteiger partial charge is 0.241 e. The van der Waals surface area contributed by atoms with E-state index in [1.54, 1.807) is 26.4 Å². The van der Waals surface area contributed by atoms with Gasteiger partial charge in [-0.25, -0.2) is 0 Å². The summed E-state index contributed by atoms with van der Waals surface area (Å²) in [5.74, 6) is 0.377.